The molecule has 2 nitrogen and oxygen atoms in total. The Morgan fingerprint density at radius 2 is 1.83 bits per heavy atom. The van der Waals surface area contributed by atoms with E-state index in [1.807, 2.05) is 0 Å². The summed E-state index contributed by atoms with van der Waals surface area (Å²) in [5.41, 5.74) is 5.47. The van der Waals surface area contributed by atoms with Crippen LogP contribution in [-0.4, -0.2) is 31.3 Å². The van der Waals surface area contributed by atoms with Gasteiger partial charge in [-0.25, -0.2) is 0 Å². The normalized spacial score (nSPS) is 39.5. The third kappa shape index (κ3) is 0.420. The van der Waals surface area contributed by atoms with Crippen molar-refractivity contribution in [2.24, 2.45) is 5.73 Å². The second-order valence-electron chi connectivity index (χ2n) is 2.53. The van der Waals surface area contributed by atoms with E-state index in [4.69, 9.17) is 5.73 Å². The molecule has 1 atom stereocenters. The van der Waals surface area contributed by atoms with Crippen molar-refractivity contribution in [3.63, 3.8) is 0 Å². The molecule has 0 bridgehead atoms. The van der Waals surface area contributed by atoms with Gasteiger partial charge < -0.3 is 4.48 Å². The van der Waals surface area contributed by atoms with Gasteiger partial charge in [-0.05, 0) is 0 Å². The van der Waals surface area contributed by atoms with Gasteiger partial charge in [0.25, 0.3) is 0 Å². The van der Waals surface area contributed by atoms with E-state index in [0.717, 1.165) is 11.0 Å². The van der Waals surface area contributed by atoms with Crippen LogP contribution in [0.4, 0.5) is 0 Å². The molecule has 0 spiro atoms. The van der Waals surface area contributed by atoms with E-state index < -0.39 is 0 Å². The SMILES string of the molecule is C[N+]1(C)CC1N. The first-order chi connectivity index (χ1) is 2.63. The van der Waals surface area contributed by atoms with Crippen LogP contribution in [0.5, 0.6) is 0 Å². The number of quaternary nitrogens is 1. The van der Waals surface area contributed by atoms with E-state index in [1.54, 1.807) is 0 Å². The standard InChI is InChI=1S/C4H11N2/c1-6(2)3-4(6)5/h4H,3,5H2,1-2H3/q+1. The van der Waals surface area contributed by atoms with Crippen LogP contribution in [0, 0.1) is 0 Å². The van der Waals surface area contributed by atoms with Gasteiger partial charge in [0.1, 0.15) is 6.54 Å². The van der Waals surface area contributed by atoms with Crippen molar-refractivity contribution < 1.29 is 4.48 Å². The number of hydrogen-bond acceptors (Lipinski definition) is 1. The third-order valence-electron chi connectivity index (χ3n) is 1.42. The summed E-state index contributed by atoms with van der Waals surface area (Å²) in [4.78, 5) is 0. The van der Waals surface area contributed by atoms with Gasteiger partial charge in [0, 0.05) is 0 Å². The molecule has 6 heavy (non-hydrogen) atoms. The number of nitrogens with zero attached hydrogens (tertiary/aromatic N) is 1. The van der Waals surface area contributed by atoms with Gasteiger partial charge in [-0.3, -0.25) is 5.73 Å². The van der Waals surface area contributed by atoms with Crippen LogP contribution in [0.15, 0.2) is 0 Å². The Labute approximate surface area is 38.1 Å². The number of nitrogens with two attached hydrogens (primary N) is 1. The maximum Gasteiger partial charge on any atom is 0.190 e. The number of hydrogen-bond donors (Lipinski definition) is 1. The van der Waals surface area contributed by atoms with E-state index in [9.17, 15) is 0 Å². The topological polar surface area (TPSA) is 26.0 Å². The fourth-order valence-corrected chi connectivity index (χ4v) is 0.435. The Kier molecular flexibility index (Phi) is 0.524. The molecule has 0 aromatic rings. The maximum atomic E-state index is 5.47. The van der Waals surface area contributed by atoms with E-state index in [-0.39, 0.29) is 0 Å². The highest BCUT2D eigenvalue weighted by Gasteiger charge is 2.43. The first-order valence-electron chi connectivity index (χ1n) is 2.21. The molecule has 1 aliphatic rings. The maximum absolute atomic E-state index is 5.47. The Hall–Kier alpha value is -0.0800. The first kappa shape index (κ1) is 4.09. The zero-order valence-electron chi connectivity index (χ0n) is 4.31. The minimum Gasteiger partial charge on any atom is -0.303 e. The van der Waals surface area contributed by atoms with Gasteiger partial charge in [0.2, 0.25) is 0 Å². The highest BCUT2D eigenvalue weighted by molar-refractivity contribution is 4.59. The second kappa shape index (κ2) is 0.768. The fraction of sp³-hybridized carbons (Fsp3) is 1.00. The van der Waals surface area contributed by atoms with Gasteiger partial charge in [-0.2, -0.15) is 0 Å². The monoisotopic (exact) mass is 87.1 g/mol. The summed E-state index contributed by atoms with van der Waals surface area (Å²) in [6, 6.07) is 0. The molecule has 1 rings (SSSR count). The van der Waals surface area contributed by atoms with Crippen molar-refractivity contribution in [1.82, 2.24) is 0 Å². The molecule has 1 saturated heterocycles. The average Bonchev–Trinajstić information content (AvgIpc) is 1.73. The van der Waals surface area contributed by atoms with Gasteiger partial charge in [-0.1, -0.05) is 0 Å². The summed E-state index contributed by atoms with van der Waals surface area (Å²) in [6.07, 6.45) is 0.435. The van der Waals surface area contributed by atoms with Crippen LogP contribution in [0.1, 0.15) is 0 Å². The van der Waals surface area contributed by atoms with Crippen molar-refractivity contribution in [3.05, 3.63) is 0 Å². The molecule has 0 aromatic carbocycles. The zero-order valence-corrected chi connectivity index (χ0v) is 4.31. The summed E-state index contributed by atoms with van der Waals surface area (Å²) >= 11 is 0. The lowest BCUT2D eigenvalue weighted by Crippen LogP contribution is -2.21. The van der Waals surface area contributed by atoms with E-state index in [2.05, 4.69) is 14.1 Å². The van der Waals surface area contributed by atoms with Crippen LogP contribution in [0.25, 0.3) is 0 Å². The molecule has 1 heterocycles. The summed E-state index contributed by atoms with van der Waals surface area (Å²) in [6.45, 7) is 1.15. The Morgan fingerprint density at radius 1 is 1.67 bits per heavy atom. The van der Waals surface area contributed by atoms with Crippen molar-refractivity contribution in [3.8, 4) is 0 Å². The third-order valence-corrected chi connectivity index (χ3v) is 1.42. The average molecular weight is 87.1 g/mol. The molecule has 0 radical (unpaired) electrons. The van der Waals surface area contributed by atoms with Crippen molar-refractivity contribution >= 4 is 0 Å². The van der Waals surface area contributed by atoms with Crippen molar-refractivity contribution in [1.29, 1.82) is 0 Å². The highest BCUT2D eigenvalue weighted by atomic mass is 15.5. The molecule has 1 aliphatic heterocycles. The molecule has 1 unspecified atom stereocenters. The van der Waals surface area contributed by atoms with Crippen LogP contribution in [0.3, 0.4) is 0 Å². The molecule has 0 amide bonds. The summed E-state index contributed by atoms with van der Waals surface area (Å²) in [5.74, 6) is 0. The minimum atomic E-state index is 0.435. The molecule has 36 valence electrons. The Morgan fingerprint density at radius 3 is 1.83 bits per heavy atom. The lowest BCUT2D eigenvalue weighted by atomic mass is 10.8. The predicted molar refractivity (Wildman–Crippen MR) is 25.0 cm³/mol. The van der Waals surface area contributed by atoms with Crippen molar-refractivity contribution in [2.45, 2.75) is 6.17 Å². The fourth-order valence-electron chi connectivity index (χ4n) is 0.435. The summed E-state index contributed by atoms with van der Waals surface area (Å²) in [5, 5.41) is 0. The lowest BCUT2D eigenvalue weighted by Gasteiger charge is -1.99. The van der Waals surface area contributed by atoms with E-state index in [0.29, 0.717) is 6.17 Å². The number of likely N-dealkylation sites (N-methyl/N-ethyl adjacent to an activating group) is 1. The smallest absolute Gasteiger partial charge is 0.190 e. The largest absolute Gasteiger partial charge is 0.303 e. The Bertz CT molecular complexity index is 67.9. The first-order valence-corrected chi connectivity index (χ1v) is 2.21. The summed E-state index contributed by atoms with van der Waals surface area (Å²) < 4.78 is 1.01. The quantitative estimate of drug-likeness (QED) is 0.309. The van der Waals surface area contributed by atoms with Crippen LogP contribution < -0.4 is 5.73 Å². The predicted octanol–water partition coefficient (Wildman–Crippen LogP) is -0.639. The molecule has 0 saturated carbocycles. The van der Waals surface area contributed by atoms with Crippen molar-refractivity contribution in [2.75, 3.05) is 20.6 Å². The van der Waals surface area contributed by atoms with Gasteiger partial charge in [-0.15, -0.1) is 0 Å². The molecule has 1 fully saturated rings. The molecule has 0 aromatic heterocycles. The van der Waals surface area contributed by atoms with Gasteiger partial charge >= 0.3 is 0 Å². The second-order valence-corrected chi connectivity index (χ2v) is 2.53. The molecule has 0 aliphatic carbocycles. The zero-order chi connectivity index (χ0) is 4.78. The Balaban J connectivity index is 2.41. The summed E-state index contributed by atoms with van der Waals surface area (Å²) in [7, 11) is 4.26. The molecular weight excluding hydrogens is 76.1 g/mol. The van der Waals surface area contributed by atoms with E-state index >= 15 is 0 Å². The van der Waals surface area contributed by atoms with Gasteiger partial charge in [0.05, 0.1) is 14.1 Å². The molecular formula is C4H11N2+. The molecule has 2 heteroatoms. The lowest BCUT2D eigenvalue weighted by molar-refractivity contribution is -0.768. The molecule has 2 N–H and O–H groups in total. The van der Waals surface area contributed by atoms with Crippen LogP contribution >= 0.6 is 0 Å². The highest BCUT2D eigenvalue weighted by Crippen LogP contribution is 2.17. The van der Waals surface area contributed by atoms with Crippen LogP contribution in [0.2, 0.25) is 0 Å². The number of rotatable bonds is 0. The van der Waals surface area contributed by atoms with E-state index in [1.165, 1.54) is 0 Å². The van der Waals surface area contributed by atoms with Gasteiger partial charge in [0.15, 0.2) is 6.17 Å². The van der Waals surface area contributed by atoms with Crippen LogP contribution in [-0.2, 0) is 0 Å². The minimum absolute atomic E-state index is 0.435.